The van der Waals surface area contributed by atoms with Gasteiger partial charge in [0.15, 0.2) is 0 Å². The highest BCUT2D eigenvalue weighted by Gasteiger charge is 2.05. The van der Waals surface area contributed by atoms with Gasteiger partial charge in [-0.2, -0.15) is 0 Å². The molecule has 0 aromatic heterocycles. The molecular formula is C15H17N3O. The summed E-state index contributed by atoms with van der Waals surface area (Å²) in [6, 6.07) is 14.5. The van der Waals surface area contributed by atoms with Gasteiger partial charge in [-0.25, -0.2) is 0 Å². The van der Waals surface area contributed by atoms with Crippen LogP contribution in [0.2, 0.25) is 0 Å². The van der Waals surface area contributed by atoms with E-state index in [1.807, 2.05) is 43.3 Å². The topological polar surface area (TPSA) is 58.4 Å². The molecule has 0 unspecified atom stereocenters. The smallest absolute Gasteiger partial charge is 0.255 e. The van der Waals surface area contributed by atoms with E-state index in [0.717, 1.165) is 11.4 Å². The number of nitrogens with one attached hydrogen (secondary N) is 1. The molecule has 0 bridgehead atoms. The highest BCUT2D eigenvalue weighted by atomic mass is 16.1. The lowest BCUT2D eigenvalue weighted by Gasteiger charge is -2.13. The summed E-state index contributed by atoms with van der Waals surface area (Å²) in [4.78, 5) is 14.0. The van der Waals surface area contributed by atoms with Crippen LogP contribution in [0.1, 0.15) is 10.4 Å². The molecule has 0 aliphatic rings. The van der Waals surface area contributed by atoms with E-state index in [9.17, 15) is 4.79 Å². The summed E-state index contributed by atoms with van der Waals surface area (Å²) in [5.41, 5.74) is 8.68. The second-order valence-corrected chi connectivity index (χ2v) is 4.52. The fourth-order valence-corrected chi connectivity index (χ4v) is 1.68. The van der Waals surface area contributed by atoms with Crippen molar-refractivity contribution in [2.75, 3.05) is 30.0 Å². The summed E-state index contributed by atoms with van der Waals surface area (Å²) in [6.45, 7) is 0. The van der Waals surface area contributed by atoms with Gasteiger partial charge in [-0.15, -0.1) is 0 Å². The first-order chi connectivity index (χ1) is 9.06. The fourth-order valence-electron chi connectivity index (χ4n) is 1.68. The van der Waals surface area contributed by atoms with Gasteiger partial charge in [0.2, 0.25) is 0 Å². The van der Waals surface area contributed by atoms with E-state index in [-0.39, 0.29) is 5.91 Å². The van der Waals surface area contributed by atoms with Gasteiger partial charge < -0.3 is 16.0 Å². The number of benzene rings is 2. The van der Waals surface area contributed by atoms with Gasteiger partial charge >= 0.3 is 0 Å². The lowest BCUT2D eigenvalue weighted by Crippen LogP contribution is -2.12. The van der Waals surface area contributed by atoms with E-state index in [2.05, 4.69) is 5.32 Å². The van der Waals surface area contributed by atoms with E-state index in [4.69, 9.17) is 5.73 Å². The lowest BCUT2D eigenvalue weighted by atomic mass is 10.2. The number of nitrogens with two attached hydrogens (primary N) is 1. The Morgan fingerprint density at radius 1 is 1.00 bits per heavy atom. The fraction of sp³-hybridized carbons (Fsp3) is 0.133. The number of nitrogens with zero attached hydrogens (tertiary/aromatic N) is 1. The summed E-state index contributed by atoms with van der Waals surface area (Å²) >= 11 is 0. The molecule has 0 heterocycles. The highest BCUT2D eigenvalue weighted by molar-refractivity contribution is 6.04. The van der Waals surface area contributed by atoms with Crippen molar-refractivity contribution < 1.29 is 4.79 Å². The van der Waals surface area contributed by atoms with Crippen molar-refractivity contribution in [1.82, 2.24) is 0 Å². The predicted molar refractivity (Wildman–Crippen MR) is 79.6 cm³/mol. The highest BCUT2D eigenvalue weighted by Crippen LogP contribution is 2.16. The first kappa shape index (κ1) is 13.0. The molecule has 0 fully saturated rings. The monoisotopic (exact) mass is 255 g/mol. The maximum absolute atomic E-state index is 12.0. The van der Waals surface area contributed by atoms with Gasteiger partial charge in [0, 0.05) is 36.7 Å². The molecule has 2 aromatic rings. The molecular weight excluding hydrogens is 238 g/mol. The van der Waals surface area contributed by atoms with Crippen LogP contribution >= 0.6 is 0 Å². The summed E-state index contributed by atoms with van der Waals surface area (Å²) < 4.78 is 0. The third-order valence-electron chi connectivity index (χ3n) is 2.81. The molecule has 2 aromatic carbocycles. The molecule has 1 amide bonds. The normalized spacial score (nSPS) is 10.0. The van der Waals surface area contributed by atoms with Gasteiger partial charge in [-0.05, 0) is 48.5 Å². The van der Waals surface area contributed by atoms with E-state index in [1.54, 1.807) is 24.3 Å². The summed E-state index contributed by atoms with van der Waals surface area (Å²) in [5, 5.41) is 2.85. The van der Waals surface area contributed by atoms with Crippen LogP contribution < -0.4 is 16.0 Å². The van der Waals surface area contributed by atoms with E-state index < -0.39 is 0 Å². The number of anilines is 3. The Morgan fingerprint density at radius 2 is 1.58 bits per heavy atom. The Bertz CT molecular complexity index is 559. The SMILES string of the molecule is CN(C)c1ccc(NC(=O)c2ccc(N)cc2)cc1. The lowest BCUT2D eigenvalue weighted by molar-refractivity contribution is 0.102. The van der Waals surface area contributed by atoms with E-state index in [0.29, 0.717) is 11.3 Å². The zero-order valence-corrected chi connectivity index (χ0v) is 11.1. The van der Waals surface area contributed by atoms with Crippen molar-refractivity contribution in [2.24, 2.45) is 0 Å². The van der Waals surface area contributed by atoms with Crippen LogP contribution in [0.15, 0.2) is 48.5 Å². The Balaban J connectivity index is 2.08. The molecule has 98 valence electrons. The minimum absolute atomic E-state index is 0.141. The molecule has 3 N–H and O–H groups in total. The minimum Gasteiger partial charge on any atom is -0.399 e. The molecule has 0 saturated carbocycles. The number of carbonyl (C=O) groups excluding carboxylic acids is 1. The molecule has 0 radical (unpaired) electrons. The zero-order valence-electron chi connectivity index (χ0n) is 11.1. The van der Waals surface area contributed by atoms with Crippen molar-refractivity contribution in [3.63, 3.8) is 0 Å². The summed E-state index contributed by atoms with van der Waals surface area (Å²) in [5.74, 6) is -0.141. The average molecular weight is 255 g/mol. The van der Waals surface area contributed by atoms with Gasteiger partial charge in [-0.3, -0.25) is 4.79 Å². The quantitative estimate of drug-likeness (QED) is 0.829. The molecule has 0 spiro atoms. The molecule has 2 rings (SSSR count). The third kappa shape index (κ3) is 3.25. The Labute approximate surface area is 112 Å². The van der Waals surface area contributed by atoms with Crippen LogP contribution in [0.25, 0.3) is 0 Å². The Morgan fingerprint density at radius 3 is 2.11 bits per heavy atom. The number of rotatable bonds is 3. The third-order valence-corrected chi connectivity index (χ3v) is 2.81. The van der Waals surface area contributed by atoms with Crippen LogP contribution in [0.3, 0.4) is 0 Å². The second-order valence-electron chi connectivity index (χ2n) is 4.52. The van der Waals surface area contributed by atoms with E-state index in [1.165, 1.54) is 0 Å². The van der Waals surface area contributed by atoms with Crippen molar-refractivity contribution in [3.05, 3.63) is 54.1 Å². The molecule has 0 atom stereocenters. The maximum atomic E-state index is 12.0. The first-order valence-corrected chi connectivity index (χ1v) is 6.00. The van der Waals surface area contributed by atoms with E-state index >= 15 is 0 Å². The molecule has 0 aliphatic heterocycles. The molecule has 4 heteroatoms. The average Bonchev–Trinajstić information content (AvgIpc) is 2.40. The van der Waals surface area contributed by atoms with Gasteiger partial charge in [0.25, 0.3) is 5.91 Å². The summed E-state index contributed by atoms with van der Waals surface area (Å²) in [7, 11) is 3.95. The molecule has 19 heavy (non-hydrogen) atoms. The van der Waals surface area contributed by atoms with Crippen molar-refractivity contribution in [3.8, 4) is 0 Å². The van der Waals surface area contributed by atoms with Crippen molar-refractivity contribution >= 4 is 23.0 Å². The van der Waals surface area contributed by atoms with Crippen LogP contribution in [-0.2, 0) is 0 Å². The van der Waals surface area contributed by atoms with Gasteiger partial charge in [-0.1, -0.05) is 0 Å². The minimum atomic E-state index is -0.141. The maximum Gasteiger partial charge on any atom is 0.255 e. The summed E-state index contributed by atoms with van der Waals surface area (Å²) in [6.07, 6.45) is 0. The largest absolute Gasteiger partial charge is 0.399 e. The number of nitrogen functional groups attached to an aromatic ring is 1. The van der Waals surface area contributed by atoms with Gasteiger partial charge in [0.05, 0.1) is 0 Å². The van der Waals surface area contributed by atoms with Crippen LogP contribution in [0, 0.1) is 0 Å². The van der Waals surface area contributed by atoms with Crippen molar-refractivity contribution in [2.45, 2.75) is 0 Å². The Hall–Kier alpha value is -2.49. The molecule has 0 aliphatic carbocycles. The standard InChI is InChI=1S/C15H17N3O/c1-18(2)14-9-7-13(8-10-14)17-15(19)11-3-5-12(16)6-4-11/h3-10H,16H2,1-2H3,(H,17,19). The molecule has 0 saturated heterocycles. The predicted octanol–water partition coefficient (Wildman–Crippen LogP) is 2.59. The number of amides is 1. The van der Waals surface area contributed by atoms with Crippen molar-refractivity contribution in [1.29, 1.82) is 0 Å². The number of hydrogen-bond donors (Lipinski definition) is 2. The van der Waals surface area contributed by atoms with Crippen LogP contribution in [-0.4, -0.2) is 20.0 Å². The van der Waals surface area contributed by atoms with Gasteiger partial charge in [0.1, 0.15) is 0 Å². The molecule has 4 nitrogen and oxygen atoms in total. The first-order valence-electron chi connectivity index (χ1n) is 6.00. The number of carbonyl (C=O) groups is 1. The second kappa shape index (κ2) is 5.44. The van der Waals surface area contributed by atoms with Crippen LogP contribution in [0.5, 0.6) is 0 Å². The van der Waals surface area contributed by atoms with Crippen LogP contribution in [0.4, 0.5) is 17.1 Å². The zero-order chi connectivity index (χ0) is 13.8. The Kier molecular flexibility index (Phi) is 3.71. The number of hydrogen-bond acceptors (Lipinski definition) is 3.